The van der Waals surface area contributed by atoms with E-state index < -0.39 is 23.8 Å². The minimum Gasteiger partial charge on any atom is -0.493 e. The molecular formula is C28H23BrClN3O6. The Morgan fingerprint density at radius 3 is 2.49 bits per heavy atom. The van der Waals surface area contributed by atoms with Gasteiger partial charge in [0.25, 0.3) is 17.7 Å². The van der Waals surface area contributed by atoms with Gasteiger partial charge in [0.2, 0.25) is 0 Å². The number of carbonyl (C=O) groups is 4. The maximum Gasteiger partial charge on any atom is 0.335 e. The van der Waals surface area contributed by atoms with Crippen LogP contribution >= 0.6 is 27.5 Å². The van der Waals surface area contributed by atoms with Crippen LogP contribution in [0.5, 0.6) is 11.5 Å². The van der Waals surface area contributed by atoms with Gasteiger partial charge in [-0.25, -0.2) is 9.69 Å². The highest BCUT2D eigenvalue weighted by Gasteiger charge is 2.36. The summed E-state index contributed by atoms with van der Waals surface area (Å²) in [5.41, 5.74) is 2.93. The van der Waals surface area contributed by atoms with Gasteiger partial charge in [-0.1, -0.05) is 39.7 Å². The molecule has 0 aromatic heterocycles. The minimum atomic E-state index is -0.858. The lowest BCUT2D eigenvalue weighted by Crippen LogP contribution is -2.54. The zero-order valence-corrected chi connectivity index (χ0v) is 23.5. The maximum atomic E-state index is 13.1. The number of carbonyl (C=O) groups excluding carboxylic acids is 4. The smallest absolute Gasteiger partial charge is 0.335 e. The zero-order chi connectivity index (χ0) is 28.3. The molecule has 11 heteroatoms. The Morgan fingerprint density at radius 1 is 1.08 bits per heavy atom. The summed E-state index contributed by atoms with van der Waals surface area (Å²) < 4.78 is 11.8. The van der Waals surface area contributed by atoms with Crippen molar-refractivity contribution in [3.8, 4) is 11.5 Å². The predicted molar refractivity (Wildman–Crippen MR) is 151 cm³/mol. The molecule has 200 valence electrons. The number of anilines is 2. The first kappa shape index (κ1) is 27.9. The number of barbiturate groups is 1. The molecule has 9 nitrogen and oxygen atoms in total. The average Bonchev–Trinajstić information content (AvgIpc) is 2.88. The Bertz CT molecular complexity index is 1520. The van der Waals surface area contributed by atoms with Crippen molar-refractivity contribution in [2.75, 3.05) is 23.9 Å². The van der Waals surface area contributed by atoms with Gasteiger partial charge >= 0.3 is 6.03 Å². The second-order valence-electron chi connectivity index (χ2n) is 8.62. The van der Waals surface area contributed by atoms with Crippen molar-refractivity contribution in [3.05, 3.63) is 86.4 Å². The molecule has 0 atom stereocenters. The number of urea groups is 1. The number of benzene rings is 3. The molecule has 4 rings (SSSR count). The summed E-state index contributed by atoms with van der Waals surface area (Å²) in [5.74, 6) is -1.75. The van der Waals surface area contributed by atoms with Crippen LogP contribution in [0.25, 0.3) is 6.08 Å². The number of nitrogens with zero attached hydrogens (tertiary/aromatic N) is 1. The number of hydrogen-bond acceptors (Lipinski definition) is 6. The SMILES string of the molecule is COc1cc(/C=C2\C(=O)NC(=O)N(c3ccc(Br)cc3)C2=O)cc(Cl)c1OCC(=O)Nc1cc(C)ccc1C. The molecule has 5 amide bonds. The molecule has 0 radical (unpaired) electrons. The first-order chi connectivity index (χ1) is 18.6. The number of halogens is 2. The third-order valence-corrected chi connectivity index (χ3v) is 6.57. The largest absolute Gasteiger partial charge is 0.493 e. The summed E-state index contributed by atoms with van der Waals surface area (Å²) in [6.07, 6.45) is 1.29. The van der Waals surface area contributed by atoms with Crippen LogP contribution in [0.1, 0.15) is 16.7 Å². The molecule has 0 bridgehead atoms. The van der Waals surface area contributed by atoms with Crippen LogP contribution in [0.15, 0.2) is 64.6 Å². The summed E-state index contributed by atoms with van der Waals surface area (Å²) in [4.78, 5) is 51.5. The van der Waals surface area contributed by atoms with Crippen LogP contribution in [0.2, 0.25) is 5.02 Å². The van der Waals surface area contributed by atoms with Crippen LogP contribution in [-0.2, 0) is 14.4 Å². The monoisotopic (exact) mass is 611 g/mol. The summed E-state index contributed by atoms with van der Waals surface area (Å²) in [6.45, 7) is 3.47. The Kier molecular flexibility index (Phi) is 8.37. The number of ether oxygens (including phenoxy) is 2. The third-order valence-electron chi connectivity index (χ3n) is 5.76. The highest BCUT2D eigenvalue weighted by atomic mass is 79.9. The van der Waals surface area contributed by atoms with Crippen molar-refractivity contribution >= 4 is 68.7 Å². The minimum absolute atomic E-state index is 0.0882. The molecule has 1 fully saturated rings. The molecule has 1 aliphatic heterocycles. The van der Waals surface area contributed by atoms with Crippen LogP contribution < -0.4 is 25.0 Å². The molecule has 2 N–H and O–H groups in total. The number of hydrogen-bond donors (Lipinski definition) is 2. The third kappa shape index (κ3) is 6.30. The molecule has 0 saturated carbocycles. The van der Waals surface area contributed by atoms with Gasteiger partial charge in [-0.05, 0) is 79.1 Å². The van der Waals surface area contributed by atoms with Gasteiger partial charge in [-0.15, -0.1) is 0 Å². The van der Waals surface area contributed by atoms with E-state index in [1.807, 2.05) is 32.0 Å². The van der Waals surface area contributed by atoms with E-state index in [0.717, 1.165) is 20.5 Å². The zero-order valence-electron chi connectivity index (χ0n) is 21.1. The lowest BCUT2D eigenvalue weighted by Gasteiger charge is -2.26. The molecule has 39 heavy (non-hydrogen) atoms. The Hall–Kier alpha value is -4.15. The molecule has 0 aliphatic carbocycles. The van der Waals surface area contributed by atoms with Gasteiger partial charge in [0.05, 0.1) is 17.8 Å². The van der Waals surface area contributed by atoms with E-state index in [1.165, 1.54) is 25.3 Å². The van der Waals surface area contributed by atoms with Gasteiger partial charge < -0.3 is 14.8 Å². The van der Waals surface area contributed by atoms with E-state index in [2.05, 4.69) is 26.6 Å². The summed E-state index contributed by atoms with van der Waals surface area (Å²) in [7, 11) is 1.39. The topological polar surface area (TPSA) is 114 Å². The van der Waals surface area contributed by atoms with E-state index in [4.69, 9.17) is 21.1 Å². The summed E-state index contributed by atoms with van der Waals surface area (Å²) in [6, 6.07) is 14.3. The van der Waals surface area contributed by atoms with Gasteiger partial charge in [0.1, 0.15) is 5.57 Å². The van der Waals surface area contributed by atoms with Gasteiger partial charge in [0.15, 0.2) is 18.1 Å². The number of amides is 5. The normalized spacial score (nSPS) is 14.3. The van der Waals surface area contributed by atoms with Crippen molar-refractivity contribution in [1.29, 1.82) is 0 Å². The maximum absolute atomic E-state index is 13.1. The van der Waals surface area contributed by atoms with Gasteiger partial charge in [-0.3, -0.25) is 19.7 Å². The Balaban J connectivity index is 1.55. The average molecular weight is 613 g/mol. The Labute approximate surface area is 237 Å². The number of rotatable bonds is 7. The molecule has 3 aromatic rings. The molecule has 0 unspecified atom stereocenters. The van der Waals surface area contributed by atoms with Crippen molar-refractivity contribution in [1.82, 2.24) is 5.32 Å². The van der Waals surface area contributed by atoms with Crippen LogP contribution in [0.4, 0.5) is 16.2 Å². The van der Waals surface area contributed by atoms with Crippen LogP contribution in [-0.4, -0.2) is 37.5 Å². The number of aryl methyl sites for hydroxylation is 2. The van der Waals surface area contributed by atoms with E-state index in [0.29, 0.717) is 11.3 Å². The Morgan fingerprint density at radius 2 is 1.79 bits per heavy atom. The van der Waals surface area contributed by atoms with E-state index >= 15 is 0 Å². The quantitative estimate of drug-likeness (QED) is 0.272. The van der Waals surface area contributed by atoms with Crippen molar-refractivity contribution in [2.24, 2.45) is 0 Å². The standard InChI is InChI=1S/C28H23BrClN3O6/c1-15-4-5-16(2)22(10-15)31-24(34)14-39-25-21(30)12-17(13-23(25)38-3)11-20-26(35)32-28(37)33(27(20)36)19-8-6-18(29)7-9-19/h4-13H,14H2,1-3H3,(H,31,34)(H,32,35,37)/b20-11+. The number of methoxy groups -OCH3 is 1. The summed E-state index contributed by atoms with van der Waals surface area (Å²) in [5, 5.41) is 5.06. The van der Waals surface area contributed by atoms with Crippen LogP contribution in [0.3, 0.4) is 0 Å². The molecule has 0 spiro atoms. The fourth-order valence-corrected chi connectivity index (χ4v) is 4.34. The fourth-order valence-electron chi connectivity index (χ4n) is 3.81. The highest BCUT2D eigenvalue weighted by Crippen LogP contribution is 2.37. The number of nitrogens with one attached hydrogen (secondary N) is 2. The van der Waals surface area contributed by atoms with E-state index in [1.54, 1.807) is 24.3 Å². The highest BCUT2D eigenvalue weighted by molar-refractivity contribution is 9.10. The summed E-state index contributed by atoms with van der Waals surface area (Å²) >= 11 is 9.74. The fraction of sp³-hybridized carbons (Fsp3) is 0.143. The molecule has 3 aromatic carbocycles. The van der Waals surface area contributed by atoms with Crippen LogP contribution in [0, 0.1) is 13.8 Å². The lowest BCUT2D eigenvalue weighted by molar-refractivity contribution is -0.122. The van der Waals surface area contributed by atoms with Crippen molar-refractivity contribution in [3.63, 3.8) is 0 Å². The van der Waals surface area contributed by atoms with Crippen molar-refractivity contribution < 1.29 is 28.7 Å². The van der Waals surface area contributed by atoms with Gasteiger partial charge in [-0.2, -0.15) is 0 Å². The lowest BCUT2D eigenvalue weighted by atomic mass is 10.1. The molecular weight excluding hydrogens is 590 g/mol. The van der Waals surface area contributed by atoms with Crippen molar-refractivity contribution in [2.45, 2.75) is 13.8 Å². The molecule has 1 saturated heterocycles. The second kappa shape index (κ2) is 11.7. The first-order valence-electron chi connectivity index (χ1n) is 11.6. The van der Waals surface area contributed by atoms with E-state index in [-0.39, 0.29) is 34.4 Å². The molecule has 1 heterocycles. The predicted octanol–water partition coefficient (Wildman–Crippen LogP) is 5.41. The molecule has 1 aliphatic rings. The second-order valence-corrected chi connectivity index (χ2v) is 9.95. The first-order valence-corrected chi connectivity index (χ1v) is 12.8. The number of imide groups is 2. The van der Waals surface area contributed by atoms with Gasteiger partial charge in [0, 0.05) is 10.2 Å². The van der Waals surface area contributed by atoms with E-state index in [9.17, 15) is 19.2 Å².